The van der Waals surface area contributed by atoms with Gasteiger partial charge in [-0.05, 0) is 26.3 Å². The molecular formula is C14H22N4. The molecule has 0 fully saturated rings. The minimum atomic E-state index is 0.803. The van der Waals surface area contributed by atoms with Gasteiger partial charge in [-0.1, -0.05) is 18.6 Å². The predicted molar refractivity (Wildman–Crippen MR) is 74.6 cm³/mol. The van der Waals surface area contributed by atoms with E-state index in [-0.39, 0.29) is 0 Å². The fourth-order valence-electron chi connectivity index (χ4n) is 2.00. The molecule has 1 N–H and O–H groups in total. The number of hydrogen-bond donors (Lipinski definition) is 1. The molecule has 0 unspecified atom stereocenters. The first kappa shape index (κ1) is 13.0. The Bertz CT molecular complexity index is 414. The van der Waals surface area contributed by atoms with Gasteiger partial charge in [0.2, 0.25) is 0 Å². The van der Waals surface area contributed by atoms with Crippen LogP contribution >= 0.6 is 0 Å². The van der Waals surface area contributed by atoms with Crippen LogP contribution in [-0.2, 0) is 6.54 Å². The molecule has 0 saturated heterocycles. The first-order chi connectivity index (χ1) is 8.79. The lowest BCUT2D eigenvalue weighted by atomic mass is 10.1. The quantitative estimate of drug-likeness (QED) is 0.638. The van der Waals surface area contributed by atoms with Gasteiger partial charge in [0.15, 0.2) is 0 Å². The van der Waals surface area contributed by atoms with Crippen LogP contribution in [0.25, 0.3) is 0 Å². The van der Waals surface area contributed by atoms with E-state index in [1.165, 1.54) is 5.57 Å². The van der Waals surface area contributed by atoms with Crippen molar-refractivity contribution in [3.05, 3.63) is 29.7 Å². The summed E-state index contributed by atoms with van der Waals surface area (Å²) < 4.78 is 0. The van der Waals surface area contributed by atoms with Gasteiger partial charge >= 0.3 is 0 Å². The molecular weight excluding hydrogens is 224 g/mol. The highest BCUT2D eigenvalue weighted by Crippen LogP contribution is 2.16. The molecule has 0 radical (unpaired) electrons. The minimum Gasteiger partial charge on any atom is -0.351 e. The monoisotopic (exact) mass is 246 g/mol. The molecule has 4 nitrogen and oxygen atoms in total. The average molecular weight is 246 g/mol. The molecule has 0 spiro atoms. The molecule has 1 aliphatic heterocycles. The van der Waals surface area contributed by atoms with Crippen LogP contribution in [-0.4, -0.2) is 29.6 Å². The zero-order valence-corrected chi connectivity index (χ0v) is 11.3. The van der Waals surface area contributed by atoms with Gasteiger partial charge in [0, 0.05) is 25.8 Å². The van der Waals surface area contributed by atoms with E-state index in [0.29, 0.717) is 0 Å². The Labute approximate surface area is 109 Å². The molecule has 2 heterocycles. The van der Waals surface area contributed by atoms with Crippen LogP contribution in [0.15, 0.2) is 24.0 Å². The SMILES string of the molecule is CCCNCc1cncc(N2CC=C(C)CC2)n1. The topological polar surface area (TPSA) is 41.1 Å². The van der Waals surface area contributed by atoms with Gasteiger partial charge in [-0.15, -0.1) is 0 Å². The van der Waals surface area contributed by atoms with Crippen molar-refractivity contribution < 1.29 is 0 Å². The molecule has 1 aliphatic rings. The van der Waals surface area contributed by atoms with Crippen LogP contribution in [0.5, 0.6) is 0 Å². The van der Waals surface area contributed by atoms with Crippen molar-refractivity contribution in [2.24, 2.45) is 0 Å². The number of rotatable bonds is 5. The summed E-state index contributed by atoms with van der Waals surface area (Å²) in [6.45, 7) is 8.18. The Balaban J connectivity index is 1.98. The fourth-order valence-corrected chi connectivity index (χ4v) is 2.00. The molecule has 0 aliphatic carbocycles. The Hall–Kier alpha value is -1.42. The maximum Gasteiger partial charge on any atom is 0.147 e. The van der Waals surface area contributed by atoms with Gasteiger partial charge in [-0.2, -0.15) is 0 Å². The van der Waals surface area contributed by atoms with Crippen LogP contribution in [0.3, 0.4) is 0 Å². The number of anilines is 1. The normalized spacial score (nSPS) is 15.7. The second-order valence-corrected chi connectivity index (χ2v) is 4.79. The molecule has 0 aromatic carbocycles. The van der Waals surface area contributed by atoms with E-state index in [4.69, 9.17) is 0 Å². The van der Waals surface area contributed by atoms with Crippen LogP contribution in [0.1, 0.15) is 32.4 Å². The summed E-state index contributed by atoms with van der Waals surface area (Å²) >= 11 is 0. The van der Waals surface area contributed by atoms with Gasteiger partial charge in [0.25, 0.3) is 0 Å². The summed E-state index contributed by atoms with van der Waals surface area (Å²) in [4.78, 5) is 11.2. The minimum absolute atomic E-state index is 0.803. The molecule has 0 amide bonds. The fraction of sp³-hybridized carbons (Fsp3) is 0.571. The van der Waals surface area contributed by atoms with Gasteiger partial charge in [0.1, 0.15) is 5.82 Å². The maximum absolute atomic E-state index is 4.66. The smallest absolute Gasteiger partial charge is 0.147 e. The van der Waals surface area contributed by atoms with Gasteiger partial charge in [-0.25, -0.2) is 4.98 Å². The largest absolute Gasteiger partial charge is 0.351 e. The van der Waals surface area contributed by atoms with Crippen LogP contribution in [0.4, 0.5) is 5.82 Å². The van der Waals surface area contributed by atoms with E-state index in [9.17, 15) is 0 Å². The Kier molecular flexibility index (Phi) is 4.70. The lowest BCUT2D eigenvalue weighted by Gasteiger charge is -2.26. The van der Waals surface area contributed by atoms with E-state index >= 15 is 0 Å². The molecule has 98 valence electrons. The average Bonchev–Trinajstić information content (AvgIpc) is 2.40. The highest BCUT2D eigenvalue weighted by molar-refractivity contribution is 5.39. The van der Waals surface area contributed by atoms with Crippen LogP contribution in [0.2, 0.25) is 0 Å². The molecule has 1 aromatic heterocycles. The summed E-state index contributed by atoms with van der Waals surface area (Å²) in [5.74, 6) is 0.995. The maximum atomic E-state index is 4.66. The first-order valence-electron chi connectivity index (χ1n) is 6.72. The molecule has 1 aromatic rings. The number of nitrogens with one attached hydrogen (secondary N) is 1. The standard InChI is InChI=1S/C14H22N4/c1-3-6-15-9-13-10-16-11-14(17-13)18-7-4-12(2)5-8-18/h4,10-11,15H,3,5-9H2,1-2H3. The number of aromatic nitrogens is 2. The van der Waals surface area contributed by atoms with Crippen molar-refractivity contribution in [3.63, 3.8) is 0 Å². The summed E-state index contributed by atoms with van der Waals surface area (Å²) in [5.41, 5.74) is 2.49. The second kappa shape index (κ2) is 6.50. The van der Waals surface area contributed by atoms with Crippen molar-refractivity contribution in [1.82, 2.24) is 15.3 Å². The lowest BCUT2D eigenvalue weighted by molar-refractivity contribution is 0.659. The summed E-state index contributed by atoms with van der Waals surface area (Å²) in [5, 5.41) is 3.36. The molecule has 18 heavy (non-hydrogen) atoms. The first-order valence-corrected chi connectivity index (χ1v) is 6.72. The summed E-state index contributed by atoms with van der Waals surface area (Å²) in [6, 6.07) is 0. The van der Waals surface area contributed by atoms with Crippen molar-refractivity contribution in [1.29, 1.82) is 0 Å². The number of hydrogen-bond acceptors (Lipinski definition) is 4. The van der Waals surface area contributed by atoms with Crippen molar-refractivity contribution in [2.45, 2.75) is 33.2 Å². The van der Waals surface area contributed by atoms with Crippen LogP contribution in [0, 0.1) is 0 Å². The van der Waals surface area contributed by atoms with E-state index in [1.807, 2.05) is 12.4 Å². The van der Waals surface area contributed by atoms with Gasteiger partial charge < -0.3 is 10.2 Å². The molecule has 4 heteroatoms. The Morgan fingerprint density at radius 2 is 2.28 bits per heavy atom. The lowest BCUT2D eigenvalue weighted by Crippen LogP contribution is -2.29. The third-order valence-electron chi connectivity index (χ3n) is 3.16. The Morgan fingerprint density at radius 3 is 3.00 bits per heavy atom. The second-order valence-electron chi connectivity index (χ2n) is 4.79. The van der Waals surface area contributed by atoms with E-state index in [1.54, 1.807) is 0 Å². The molecule has 2 rings (SSSR count). The summed E-state index contributed by atoms with van der Waals surface area (Å²) in [7, 11) is 0. The van der Waals surface area contributed by atoms with Gasteiger partial charge in [0.05, 0.1) is 11.9 Å². The van der Waals surface area contributed by atoms with E-state index < -0.39 is 0 Å². The zero-order valence-electron chi connectivity index (χ0n) is 11.3. The van der Waals surface area contributed by atoms with Crippen molar-refractivity contribution in [2.75, 3.05) is 24.5 Å². The molecule has 0 atom stereocenters. The number of nitrogens with zero attached hydrogens (tertiary/aromatic N) is 3. The third-order valence-corrected chi connectivity index (χ3v) is 3.16. The third kappa shape index (κ3) is 3.53. The van der Waals surface area contributed by atoms with E-state index in [0.717, 1.165) is 50.5 Å². The van der Waals surface area contributed by atoms with Crippen molar-refractivity contribution in [3.8, 4) is 0 Å². The highest BCUT2D eigenvalue weighted by Gasteiger charge is 2.11. The van der Waals surface area contributed by atoms with Crippen molar-refractivity contribution >= 4 is 5.82 Å². The predicted octanol–water partition coefficient (Wildman–Crippen LogP) is 2.13. The van der Waals surface area contributed by atoms with Crippen LogP contribution < -0.4 is 10.2 Å². The highest BCUT2D eigenvalue weighted by atomic mass is 15.2. The van der Waals surface area contributed by atoms with Gasteiger partial charge in [-0.3, -0.25) is 4.98 Å². The Morgan fingerprint density at radius 1 is 1.39 bits per heavy atom. The molecule has 0 saturated carbocycles. The summed E-state index contributed by atoms with van der Waals surface area (Å²) in [6.07, 6.45) is 8.24. The van der Waals surface area contributed by atoms with E-state index in [2.05, 4.69) is 40.1 Å². The zero-order chi connectivity index (χ0) is 12.8. The molecule has 0 bridgehead atoms.